The summed E-state index contributed by atoms with van der Waals surface area (Å²) in [5, 5.41) is 0. The van der Waals surface area contributed by atoms with Crippen molar-refractivity contribution >= 4 is 0 Å². The summed E-state index contributed by atoms with van der Waals surface area (Å²) >= 11 is 0. The van der Waals surface area contributed by atoms with Crippen molar-refractivity contribution in [3.63, 3.8) is 0 Å². The molecule has 0 aromatic rings. The molecule has 0 radical (unpaired) electrons. The fraction of sp³-hybridized carbons (Fsp3) is 1.00. The first-order chi connectivity index (χ1) is 3.79. The molecule has 2 fully saturated rings. The lowest BCUT2D eigenvalue weighted by Crippen LogP contribution is -2.25. The molecule has 46 valence electrons. The number of hydrogen-bond acceptors (Lipinski definition) is 1. The molecule has 0 amide bonds. The Kier molecular flexibility index (Phi) is 0.762. The number of fused-ring (bicyclic) bond motifs is 1. The van der Waals surface area contributed by atoms with Crippen LogP contribution in [-0.2, 0) is 0 Å². The van der Waals surface area contributed by atoms with Crippen LogP contribution in [0.15, 0.2) is 0 Å². The standard InChI is InChI=1S/C7H13N/c1-5-7-3-6(7)4-8(5)2/h5-7H,3-4H2,1-2H3/t5-,6-,7+/m0/s1. The molecular formula is C7H13N. The van der Waals surface area contributed by atoms with Crippen molar-refractivity contribution in [1.82, 2.24) is 4.90 Å². The maximum atomic E-state index is 2.47. The van der Waals surface area contributed by atoms with Gasteiger partial charge >= 0.3 is 0 Å². The molecule has 0 N–H and O–H groups in total. The molecule has 3 atom stereocenters. The van der Waals surface area contributed by atoms with Crippen molar-refractivity contribution in [2.24, 2.45) is 11.8 Å². The summed E-state index contributed by atoms with van der Waals surface area (Å²) in [5.41, 5.74) is 0. The van der Waals surface area contributed by atoms with E-state index in [9.17, 15) is 0 Å². The van der Waals surface area contributed by atoms with Gasteiger partial charge in [0.25, 0.3) is 0 Å². The first kappa shape index (κ1) is 4.80. The Morgan fingerprint density at radius 3 is 2.50 bits per heavy atom. The quantitative estimate of drug-likeness (QED) is 0.450. The van der Waals surface area contributed by atoms with Gasteiger partial charge in [0, 0.05) is 12.6 Å². The van der Waals surface area contributed by atoms with Gasteiger partial charge in [-0.3, -0.25) is 0 Å². The van der Waals surface area contributed by atoms with Crippen LogP contribution >= 0.6 is 0 Å². The molecule has 0 unspecified atom stereocenters. The Morgan fingerprint density at radius 1 is 1.50 bits per heavy atom. The van der Waals surface area contributed by atoms with E-state index in [1.807, 2.05) is 0 Å². The average molecular weight is 111 g/mol. The fourth-order valence-corrected chi connectivity index (χ4v) is 1.93. The summed E-state index contributed by atoms with van der Waals surface area (Å²) in [6.45, 7) is 3.71. The Bertz CT molecular complexity index is 109. The lowest BCUT2D eigenvalue weighted by molar-refractivity contribution is 0.287. The SMILES string of the molecule is C[C@H]1[C@H]2C[C@H]2CN1C. The maximum Gasteiger partial charge on any atom is 0.00955 e. The Labute approximate surface area is 50.7 Å². The maximum absolute atomic E-state index is 2.47. The zero-order valence-corrected chi connectivity index (χ0v) is 5.59. The summed E-state index contributed by atoms with van der Waals surface area (Å²) in [6, 6.07) is 0.889. The highest BCUT2D eigenvalue weighted by Crippen LogP contribution is 2.48. The van der Waals surface area contributed by atoms with Crippen LogP contribution in [0.25, 0.3) is 0 Å². The van der Waals surface area contributed by atoms with E-state index >= 15 is 0 Å². The second kappa shape index (κ2) is 1.27. The lowest BCUT2D eigenvalue weighted by atomic mass is 10.2. The molecule has 8 heavy (non-hydrogen) atoms. The molecule has 1 nitrogen and oxygen atoms in total. The Hall–Kier alpha value is -0.0400. The summed E-state index contributed by atoms with van der Waals surface area (Å²) in [4.78, 5) is 2.47. The predicted octanol–water partition coefficient (Wildman–Crippen LogP) is 0.956. The van der Waals surface area contributed by atoms with Gasteiger partial charge in [-0.25, -0.2) is 0 Å². The first-order valence-electron chi connectivity index (χ1n) is 3.49. The average Bonchev–Trinajstić information content (AvgIpc) is 2.39. The number of likely N-dealkylation sites (tertiary alicyclic amines) is 1. The van der Waals surface area contributed by atoms with Crippen molar-refractivity contribution in [2.75, 3.05) is 13.6 Å². The summed E-state index contributed by atoms with van der Waals surface area (Å²) in [6.07, 6.45) is 1.52. The van der Waals surface area contributed by atoms with Gasteiger partial charge in [-0.2, -0.15) is 0 Å². The van der Waals surface area contributed by atoms with Crippen LogP contribution in [0, 0.1) is 11.8 Å². The zero-order chi connectivity index (χ0) is 5.72. The van der Waals surface area contributed by atoms with Crippen LogP contribution in [0.1, 0.15) is 13.3 Å². The second-order valence-electron chi connectivity index (χ2n) is 3.34. The zero-order valence-electron chi connectivity index (χ0n) is 5.59. The van der Waals surface area contributed by atoms with Crippen molar-refractivity contribution in [1.29, 1.82) is 0 Å². The molecule has 1 aliphatic heterocycles. The van der Waals surface area contributed by atoms with E-state index in [-0.39, 0.29) is 0 Å². The Morgan fingerprint density at radius 2 is 2.25 bits per heavy atom. The van der Waals surface area contributed by atoms with Gasteiger partial charge < -0.3 is 4.90 Å². The molecule has 1 saturated carbocycles. The van der Waals surface area contributed by atoms with Gasteiger partial charge in [-0.15, -0.1) is 0 Å². The minimum absolute atomic E-state index is 0.889. The fourth-order valence-electron chi connectivity index (χ4n) is 1.93. The highest BCUT2D eigenvalue weighted by atomic mass is 15.2. The normalized spacial score (nSPS) is 54.0. The number of piperidine rings is 1. The molecule has 1 heterocycles. The summed E-state index contributed by atoms with van der Waals surface area (Å²) in [7, 11) is 2.23. The smallest absolute Gasteiger partial charge is 0.00955 e. The summed E-state index contributed by atoms with van der Waals surface area (Å²) in [5.74, 6) is 2.18. The van der Waals surface area contributed by atoms with Gasteiger partial charge in [0.1, 0.15) is 0 Å². The Balaban J connectivity index is 2.08. The van der Waals surface area contributed by atoms with Crippen LogP contribution in [0.4, 0.5) is 0 Å². The van der Waals surface area contributed by atoms with E-state index in [4.69, 9.17) is 0 Å². The minimum atomic E-state index is 0.889. The topological polar surface area (TPSA) is 3.24 Å². The van der Waals surface area contributed by atoms with Gasteiger partial charge in [0.2, 0.25) is 0 Å². The van der Waals surface area contributed by atoms with E-state index < -0.39 is 0 Å². The molecule has 0 aromatic carbocycles. The van der Waals surface area contributed by atoms with Crippen molar-refractivity contribution in [3.8, 4) is 0 Å². The highest BCUT2D eigenvalue weighted by molar-refractivity contribution is 5.00. The van der Waals surface area contributed by atoms with Crippen LogP contribution in [0.3, 0.4) is 0 Å². The van der Waals surface area contributed by atoms with Crippen LogP contribution in [0.5, 0.6) is 0 Å². The first-order valence-corrected chi connectivity index (χ1v) is 3.49. The molecule has 0 spiro atoms. The van der Waals surface area contributed by atoms with Crippen molar-refractivity contribution in [3.05, 3.63) is 0 Å². The molecule has 2 rings (SSSR count). The summed E-state index contributed by atoms with van der Waals surface area (Å²) < 4.78 is 0. The van der Waals surface area contributed by atoms with E-state index in [1.165, 1.54) is 13.0 Å². The van der Waals surface area contributed by atoms with Gasteiger partial charge in [0.15, 0.2) is 0 Å². The second-order valence-corrected chi connectivity index (χ2v) is 3.34. The van der Waals surface area contributed by atoms with Crippen LogP contribution in [0.2, 0.25) is 0 Å². The van der Waals surface area contributed by atoms with Crippen molar-refractivity contribution in [2.45, 2.75) is 19.4 Å². The molecular weight excluding hydrogens is 98.1 g/mol. The van der Waals surface area contributed by atoms with E-state index in [2.05, 4.69) is 18.9 Å². The number of hydrogen-bond donors (Lipinski definition) is 0. The lowest BCUT2D eigenvalue weighted by Gasteiger charge is -2.16. The largest absolute Gasteiger partial charge is 0.303 e. The predicted molar refractivity (Wildman–Crippen MR) is 33.7 cm³/mol. The molecule has 1 heteroatoms. The number of rotatable bonds is 0. The molecule has 0 bridgehead atoms. The molecule has 1 saturated heterocycles. The van der Waals surface area contributed by atoms with E-state index in [0.717, 1.165) is 17.9 Å². The van der Waals surface area contributed by atoms with E-state index in [0.29, 0.717) is 0 Å². The highest BCUT2D eigenvalue weighted by Gasteiger charge is 2.48. The molecule has 2 aliphatic rings. The van der Waals surface area contributed by atoms with E-state index in [1.54, 1.807) is 0 Å². The molecule has 0 aromatic heterocycles. The van der Waals surface area contributed by atoms with Crippen molar-refractivity contribution < 1.29 is 0 Å². The van der Waals surface area contributed by atoms with Crippen LogP contribution in [-0.4, -0.2) is 24.5 Å². The number of nitrogens with zero attached hydrogens (tertiary/aromatic N) is 1. The third-order valence-corrected chi connectivity index (χ3v) is 2.81. The third-order valence-electron chi connectivity index (χ3n) is 2.81. The minimum Gasteiger partial charge on any atom is -0.303 e. The van der Waals surface area contributed by atoms with Gasteiger partial charge in [-0.05, 0) is 32.2 Å². The monoisotopic (exact) mass is 111 g/mol. The molecule has 1 aliphatic carbocycles. The van der Waals surface area contributed by atoms with Crippen LogP contribution < -0.4 is 0 Å². The third kappa shape index (κ3) is 0.455. The van der Waals surface area contributed by atoms with Gasteiger partial charge in [-0.1, -0.05) is 0 Å². The van der Waals surface area contributed by atoms with Gasteiger partial charge in [0.05, 0.1) is 0 Å².